The highest BCUT2D eigenvalue weighted by Gasteiger charge is 2.13. The number of hydrogen-bond donors (Lipinski definition) is 3. The highest BCUT2D eigenvalue weighted by atomic mass is 16.4. The van der Waals surface area contributed by atoms with Crippen molar-refractivity contribution in [1.29, 1.82) is 0 Å². The second-order valence-electron chi connectivity index (χ2n) is 5.13. The maximum Gasteiger partial charge on any atom is 0.328 e. The van der Waals surface area contributed by atoms with Gasteiger partial charge in [0.15, 0.2) is 0 Å². The number of aliphatic carboxylic acids is 3. The molecule has 0 saturated heterocycles. The SMILES string of the molecule is Cc1c(/C=C/C(=O)O)c(C)c(/C=C/C(=O)O)c(C)c1/C=C/C(=O)O. The van der Waals surface area contributed by atoms with Gasteiger partial charge in [-0.2, -0.15) is 0 Å². The predicted octanol–water partition coefficient (Wildman–Crippen LogP) is 2.91. The molecule has 6 nitrogen and oxygen atoms in total. The molecule has 1 aromatic rings. The van der Waals surface area contributed by atoms with Crippen LogP contribution in [0.1, 0.15) is 33.4 Å². The van der Waals surface area contributed by atoms with E-state index in [1.807, 2.05) is 0 Å². The Morgan fingerprint density at radius 1 is 0.583 bits per heavy atom. The molecule has 0 unspecified atom stereocenters. The molecule has 0 spiro atoms. The Kier molecular flexibility index (Phi) is 6.23. The van der Waals surface area contributed by atoms with Gasteiger partial charge in [-0.15, -0.1) is 0 Å². The van der Waals surface area contributed by atoms with Gasteiger partial charge in [0.2, 0.25) is 0 Å². The molecule has 0 fully saturated rings. The van der Waals surface area contributed by atoms with E-state index >= 15 is 0 Å². The summed E-state index contributed by atoms with van der Waals surface area (Å²) in [4.78, 5) is 32.4. The molecule has 0 aliphatic heterocycles. The van der Waals surface area contributed by atoms with Crippen LogP contribution >= 0.6 is 0 Å². The van der Waals surface area contributed by atoms with Crippen molar-refractivity contribution in [2.75, 3.05) is 0 Å². The van der Waals surface area contributed by atoms with Crippen molar-refractivity contribution in [3.63, 3.8) is 0 Å². The Balaban J connectivity index is 3.73. The fourth-order valence-electron chi connectivity index (χ4n) is 2.49. The first-order valence-electron chi connectivity index (χ1n) is 7.02. The molecule has 1 aromatic carbocycles. The van der Waals surface area contributed by atoms with E-state index < -0.39 is 17.9 Å². The number of carboxylic acids is 3. The summed E-state index contributed by atoms with van der Waals surface area (Å²) in [6.45, 7) is 5.27. The van der Waals surface area contributed by atoms with Crippen molar-refractivity contribution < 1.29 is 29.7 Å². The molecule has 0 bridgehead atoms. The highest BCUT2D eigenvalue weighted by Crippen LogP contribution is 2.30. The summed E-state index contributed by atoms with van der Waals surface area (Å²) in [5.74, 6) is -3.33. The van der Waals surface area contributed by atoms with Gasteiger partial charge in [0.1, 0.15) is 0 Å². The van der Waals surface area contributed by atoms with Crippen LogP contribution in [0.2, 0.25) is 0 Å². The minimum absolute atomic E-state index is 0.609. The van der Waals surface area contributed by atoms with E-state index in [-0.39, 0.29) is 0 Å². The van der Waals surface area contributed by atoms with Crippen LogP contribution in [0.25, 0.3) is 18.2 Å². The average molecular weight is 330 g/mol. The minimum Gasteiger partial charge on any atom is -0.478 e. The molecule has 0 heterocycles. The van der Waals surface area contributed by atoms with E-state index in [2.05, 4.69) is 0 Å². The summed E-state index contributed by atoms with van der Waals surface area (Å²) < 4.78 is 0. The average Bonchev–Trinajstić information content (AvgIpc) is 2.45. The van der Waals surface area contributed by atoms with E-state index in [1.54, 1.807) is 20.8 Å². The quantitative estimate of drug-likeness (QED) is 0.691. The smallest absolute Gasteiger partial charge is 0.328 e. The Morgan fingerprint density at radius 3 is 0.958 bits per heavy atom. The molecule has 126 valence electrons. The molecule has 0 aliphatic carbocycles. The normalized spacial score (nSPS) is 11.6. The molecular formula is C18H18O6. The van der Waals surface area contributed by atoms with E-state index in [9.17, 15) is 14.4 Å². The molecule has 0 saturated carbocycles. The van der Waals surface area contributed by atoms with Crippen molar-refractivity contribution >= 4 is 36.1 Å². The number of carboxylic acid groups (broad SMARTS) is 3. The van der Waals surface area contributed by atoms with Crippen LogP contribution in [-0.4, -0.2) is 33.2 Å². The molecule has 1 rings (SSSR count). The summed E-state index contributed by atoms with van der Waals surface area (Å²) in [7, 11) is 0. The first kappa shape index (κ1) is 18.9. The number of carbonyl (C=O) groups is 3. The van der Waals surface area contributed by atoms with Crippen LogP contribution in [0.15, 0.2) is 18.2 Å². The Bertz CT molecular complexity index is 655. The summed E-state index contributed by atoms with van der Waals surface area (Å²) in [6, 6.07) is 0. The third-order valence-corrected chi connectivity index (χ3v) is 3.60. The van der Waals surface area contributed by atoms with E-state index in [0.29, 0.717) is 33.4 Å². The van der Waals surface area contributed by atoms with Crippen LogP contribution in [-0.2, 0) is 14.4 Å². The molecule has 0 radical (unpaired) electrons. The van der Waals surface area contributed by atoms with E-state index in [4.69, 9.17) is 15.3 Å². The molecule has 0 aliphatic rings. The van der Waals surface area contributed by atoms with Gasteiger partial charge in [0.05, 0.1) is 0 Å². The lowest BCUT2D eigenvalue weighted by atomic mass is 9.87. The Morgan fingerprint density at radius 2 is 0.792 bits per heavy atom. The van der Waals surface area contributed by atoms with Crippen molar-refractivity contribution in [3.05, 3.63) is 51.6 Å². The molecule has 0 aromatic heterocycles. The first-order chi connectivity index (χ1) is 11.1. The molecule has 3 N–H and O–H groups in total. The number of hydrogen-bond acceptors (Lipinski definition) is 3. The standard InChI is InChI=1S/C18H18O6/c1-10-13(4-7-16(19)20)11(2)15(6-9-18(23)24)12(3)14(10)5-8-17(21)22/h4-9H,1-3H3,(H,19,20)(H,21,22)(H,23,24)/b7-4+,8-5+,9-6+. The number of rotatable bonds is 6. The lowest BCUT2D eigenvalue weighted by molar-refractivity contribution is -0.132. The van der Waals surface area contributed by atoms with Gasteiger partial charge in [-0.05, 0) is 72.4 Å². The van der Waals surface area contributed by atoms with Gasteiger partial charge in [0, 0.05) is 18.2 Å². The first-order valence-corrected chi connectivity index (χ1v) is 7.02. The topological polar surface area (TPSA) is 112 Å². The third kappa shape index (κ3) is 4.67. The van der Waals surface area contributed by atoms with Crippen LogP contribution in [0.5, 0.6) is 0 Å². The molecule has 6 heteroatoms. The van der Waals surface area contributed by atoms with Crippen molar-refractivity contribution in [2.24, 2.45) is 0 Å². The summed E-state index contributed by atoms with van der Waals surface area (Å²) >= 11 is 0. The van der Waals surface area contributed by atoms with E-state index in [1.165, 1.54) is 18.2 Å². The second kappa shape index (κ2) is 7.92. The lowest BCUT2D eigenvalue weighted by Crippen LogP contribution is -2.01. The fourth-order valence-corrected chi connectivity index (χ4v) is 2.49. The minimum atomic E-state index is -1.11. The monoisotopic (exact) mass is 330 g/mol. The zero-order valence-electron chi connectivity index (χ0n) is 13.5. The van der Waals surface area contributed by atoms with Crippen LogP contribution < -0.4 is 0 Å². The summed E-state index contributed by atoms with van der Waals surface area (Å²) in [5, 5.41) is 26.5. The lowest BCUT2D eigenvalue weighted by Gasteiger charge is -2.17. The van der Waals surface area contributed by atoms with Gasteiger partial charge >= 0.3 is 17.9 Å². The second-order valence-corrected chi connectivity index (χ2v) is 5.13. The van der Waals surface area contributed by atoms with Gasteiger partial charge in [0.25, 0.3) is 0 Å². The van der Waals surface area contributed by atoms with Crippen LogP contribution in [0, 0.1) is 20.8 Å². The van der Waals surface area contributed by atoms with Gasteiger partial charge in [-0.25, -0.2) is 14.4 Å². The maximum absolute atomic E-state index is 10.8. The zero-order chi connectivity index (χ0) is 18.4. The largest absolute Gasteiger partial charge is 0.478 e. The van der Waals surface area contributed by atoms with Gasteiger partial charge in [-0.1, -0.05) is 0 Å². The Hall–Kier alpha value is -3.15. The zero-order valence-corrected chi connectivity index (χ0v) is 13.5. The fraction of sp³-hybridized carbons (Fsp3) is 0.167. The molecule has 24 heavy (non-hydrogen) atoms. The van der Waals surface area contributed by atoms with E-state index in [0.717, 1.165) is 18.2 Å². The third-order valence-electron chi connectivity index (χ3n) is 3.60. The van der Waals surface area contributed by atoms with Gasteiger partial charge < -0.3 is 15.3 Å². The van der Waals surface area contributed by atoms with Crippen molar-refractivity contribution in [2.45, 2.75) is 20.8 Å². The molecular weight excluding hydrogens is 312 g/mol. The Labute approximate surface area is 139 Å². The van der Waals surface area contributed by atoms with Crippen LogP contribution in [0.4, 0.5) is 0 Å². The molecule has 0 amide bonds. The van der Waals surface area contributed by atoms with Crippen molar-refractivity contribution in [1.82, 2.24) is 0 Å². The highest BCUT2D eigenvalue weighted by molar-refractivity contribution is 5.91. The maximum atomic E-state index is 10.8. The number of benzene rings is 1. The molecule has 0 atom stereocenters. The summed E-state index contributed by atoms with van der Waals surface area (Å²) in [6.07, 6.45) is 7.22. The predicted molar refractivity (Wildman–Crippen MR) is 90.7 cm³/mol. The van der Waals surface area contributed by atoms with Gasteiger partial charge in [-0.3, -0.25) is 0 Å². The van der Waals surface area contributed by atoms with Crippen LogP contribution in [0.3, 0.4) is 0 Å². The van der Waals surface area contributed by atoms with Crippen molar-refractivity contribution in [3.8, 4) is 0 Å². The summed E-state index contributed by atoms with van der Waals surface area (Å²) in [5.41, 5.74) is 3.97.